The van der Waals surface area contributed by atoms with E-state index in [1.54, 1.807) is 20.9 Å². The quantitative estimate of drug-likeness (QED) is 0.511. The van der Waals surface area contributed by atoms with Crippen LogP contribution in [0.25, 0.3) is 0 Å². The zero-order valence-corrected chi connectivity index (χ0v) is 9.87. The summed E-state index contributed by atoms with van der Waals surface area (Å²) in [5, 5.41) is 0. The second-order valence-corrected chi connectivity index (χ2v) is 3.80. The molecule has 0 aliphatic rings. The van der Waals surface area contributed by atoms with Gasteiger partial charge >= 0.3 is 5.97 Å². The molecule has 0 aromatic heterocycles. The SMILES string of the molecule is C=CC(=O)N(C)C(C)(C)C(=O)OCCC. The molecule has 0 fully saturated rings. The third-order valence-corrected chi connectivity index (χ3v) is 2.28. The first kappa shape index (κ1) is 13.7. The Labute approximate surface area is 90.9 Å². The van der Waals surface area contributed by atoms with Crippen LogP contribution in [-0.2, 0) is 14.3 Å². The van der Waals surface area contributed by atoms with Gasteiger partial charge < -0.3 is 9.64 Å². The number of hydrogen-bond donors (Lipinski definition) is 0. The van der Waals surface area contributed by atoms with Gasteiger partial charge in [0.15, 0.2) is 0 Å². The van der Waals surface area contributed by atoms with Gasteiger partial charge in [0.2, 0.25) is 5.91 Å². The van der Waals surface area contributed by atoms with E-state index < -0.39 is 11.5 Å². The van der Waals surface area contributed by atoms with E-state index in [4.69, 9.17) is 4.74 Å². The summed E-state index contributed by atoms with van der Waals surface area (Å²) >= 11 is 0. The highest BCUT2D eigenvalue weighted by atomic mass is 16.5. The van der Waals surface area contributed by atoms with E-state index in [9.17, 15) is 9.59 Å². The Hall–Kier alpha value is -1.32. The van der Waals surface area contributed by atoms with E-state index in [1.807, 2.05) is 6.92 Å². The van der Waals surface area contributed by atoms with Gasteiger partial charge in [0.25, 0.3) is 0 Å². The summed E-state index contributed by atoms with van der Waals surface area (Å²) in [6.07, 6.45) is 1.94. The topological polar surface area (TPSA) is 46.6 Å². The van der Waals surface area contributed by atoms with Gasteiger partial charge in [-0.1, -0.05) is 13.5 Å². The van der Waals surface area contributed by atoms with E-state index in [-0.39, 0.29) is 5.91 Å². The van der Waals surface area contributed by atoms with Crippen LogP contribution in [0.1, 0.15) is 27.2 Å². The minimum Gasteiger partial charge on any atom is -0.464 e. The molecule has 4 nitrogen and oxygen atoms in total. The van der Waals surface area contributed by atoms with Gasteiger partial charge in [-0.2, -0.15) is 0 Å². The van der Waals surface area contributed by atoms with Crippen LogP contribution < -0.4 is 0 Å². The summed E-state index contributed by atoms with van der Waals surface area (Å²) in [6, 6.07) is 0. The van der Waals surface area contributed by atoms with Crippen molar-refractivity contribution in [2.45, 2.75) is 32.7 Å². The van der Waals surface area contributed by atoms with E-state index >= 15 is 0 Å². The number of rotatable bonds is 5. The molecular formula is C11H19NO3. The molecule has 0 aliphatic heterocycles. The van der Waals surface area contributed by atoms with Crippen LogP contribution in [0.3, 0.4) is 0 Å². The molecule has 0 saturated heterocycles. The average Bonchev–Trinajstić information content (AvgIpc) is 2.23. The number of hydrogen-bond acceptors (Lipinski definition) is 3. The molecule has 0 saturated carbocycles. The Morgan fingerprint density at radius 1 is 1.47 bits per heavy atom. The fourth-order valence-electron chi connectivity index (χ4n) is 0.921. The Bertz CT molecular complexity index is 259. The lowest BCUT2D eigenvalue weighted by atomic mass is 10.0. The van der Waals surface area contributed by atoms with Gasteiger partial charge in [0.05, 0.1) is 6.61 Å². The van der Waals surface area contributed by atoms with Gasteiger partial charge in [-0.15, -0.1) is 0 Å². The fraction of sp³-hybridized carbons (Fsp3) is 0.636. The molecular weight excluding hydrogens is 194 g/mol. The van der Waals surface area contributed by atoms with Crippen molar-refractivity contribution in [2.75, 3.05) is 13.7 Å². The maximum Gasteiger partial charge on any atom is 0.331 e. The van der Waals surface area contributed by atoms with Crippen molar-refractivity contribution in [3.8, 4) is 0 Å². The smallest absolute Gasteiger partial charge is 0.331 e. The van der Waals surface area contributed by atoms with E-state index in [0.29, 0.717) is 6.61 Å². The van der Waals surface area contributed by atoms with Gasteiger partial charge in [0, 0.05) is 7.05 Å². The Morgan fingerprint density at radius 2 is 2.00 bits per heavy atom. The molecule has 4 heteroatoms. The summed E-state index contributed by atoms with van der Waals surface area (Å²) < 4.78 is 5.00. The zero-order valence-electron chi connectivity index (χ0n) is 9.87. The summed E-state index contributed by atoms with van der Waals surface area (Å²) in [5.74, 6) is -0.699. The highest BCUT2D eigenvalue weighted by Gasteiger charge is 2.35. The van der Waals surface area contributed by atoms with Crippen LogP contribution in [0.4, 0.5) is 0 Å². The predicted octanol–water partition coefficient (Wildman–Crippen LogP) is 1.36. The van der Waals surface area contributed by atoms with Gasteiger partial charge in [-0.3, -0.25) is 4.79 Å². The number of ether oxygens (including phenoxy) is 1. The summed E-state index contributed by atoms with van der Waals surface area (Å²) in [5.41, 5.74) is -0.958. The lowest BCUT2D eigenvalue weighted by Gasteiger charge is -2.32. The molecule has 0 aromatic rings. The number of carbonyl (C=O) groups is 2. The first-order chi connectivity index (χ1) is 6.87. The van der Waals surface area contributed by atoms with Gasteiger partial charge in [-0.25, -0.2) is 4.79 Å². The van der Waals surface area contributed by atoms with E-state index in [1.165, 1.54) is 11.0 Å². The fourth-order valence-corrected chi connectivity index (χ4v) is 0.921. The van der Waals surface area contributed by atoms with Crippen molar-refractivity contribution in [1.82, 2.24) is 4.90 Å². The highest BCUT2D eigenvalue weighted by Crippen LogP contribution is 2.15. The summed E-state index contributed by atoms with van der Waals surface area (Å²) in [6.45, 7) is 8.95. The van der Waals surface area contributed by atoms with Crippen LogP contribution in [0.15, 0.2) is 12.7 Å². The summed E-state index contributed by atoms with van der Waals surface area (Å²) in [4.78, 5) is 24.3. The van der Waals surface area contributed by atoms with Crippen molar-refractivity contribution in [2.24, 2.45) is 0 Å². The van der Waals surface area contributed by atoms with Crippen LogP contribution >= 0.6 is 0 Å². The molecule has 15 heavy (non-hydrogen) atoms. The van der Waals surface area contributed by atoms with Crippen LogP contribution in [0, 0.1) is 0 Å². The second-order valence-electron chi connectivity index (χ2n) is 3.80. The first-order valence-electron chi connectivity index (χ1n) is 4.95. The maximum absolute atomic E-state index is 11.6. The van der Waals surface area contributed by atoms with Crippen molar-refractivity contribution in [3.05, 3.63) is 12.7 Å². The monoisotopic (exact) mass is 213 g/mol. The largest absolute Gasteiger partial charge is 0.464 e. The Morgan fingerprint density at radius 3 is 2.40 bits per heavy atom. The zero-order chi connectivity index (χ0) is 12.1. The number of amides is 1. The Kier molecular flexibility index (Phi) is 5.05. The van der Waals surface area contributed by atoms with Crippen molar-refractivity contribution in [1.29, 1.82) is 0 Å². The average molecular weight is 213 g/mol. The minimum atomic E-state index is -0.958. The molecule has 0 heterocycles. The van der Waals surface area contributed by atoms with Crippen LogP contribution in [0.2, 0.25) is 0 Å². The lowest BCUT2D eigenvalue weighted by molar-refractivity contribution is -0.159. The van der Waals surface area contributed by atoms with Crippen molar-refractivity contribution < 1.29 is 14.3 Å². The van der Waals surface area contributed by atoms with E-state index in [0.717, 1.165) is 6.42 Å². The Balaban J connectivity index is 4.57. The molecule has 0 aliphatic carbocycles. The second kappa shape index (κ2) is 5.53. The van der Waals surface area contributed by atoms with Crippen LogP contribution in [-0.4, -0.2) is 36.0 Å². The predicted molar refractivity (Wildman–Crippen MR) is 58.3 cm³/mol. The molecule has 0 bridgehead atoms. The molecule has 1 amide bonds. The molecule has 0 radical (unpaired) electrons. The number of likely N-dealkylation sites (N-methyl/N-ethyl adjacent to an activating group) is 1. The highest BCUT2D eigenvalue weighted by molar-refractivity contribution is 5.92. The molecule has 0 aromatic carbocycles. The maximum atomic E-state index is 11.6. The lowest BCUT2D eigenvalue weighted by Crippen LogP contribution is -2.51. The van der Waals surface area contributed by atoms with Gasteiger partial charge in [0.1, 0.15) is 5.54 Å². The number of carbonyl (C=O) groups excluding carboxylic acids is 2. The molecule has 86 valence electrons. The number of nitrogens with zero attached hydrogens (tertiary/aromatic N) is 1. The molecule has 0 spiro atoms. The molecule has 0 atom stereocenters. The minimum absolute atomic E-state index is 0.298. The molecule has 0 N–H and O–H groups in total. The third kappa shape index (κ3) is 3.38. The number of esters is 1. The molecule has 0 unspecified atom stereocenters. The standard InChI is InChI=1S/C11H19NO3/c1-6-8-15-10(14)11(3,4)12(5)9(13)7-2/h7H,2,6,8H2,1,3-5H3. The first-order valence-corrected chi connectivity index (χ1v) is 4.95. The third-order valence-electron chi connectivity index (χ3n) is 2.28. The van der Waals surface area contributed by atoms with Crippen LogP contribution in [0.5, 0.6) is 0 Å². The van der Waals surface area contributed by atoms with Gasteiger partial charge in [-0.05, 0) is 26.3 Å². The summed E-state index contributed by atoms with van der Waals surface area (Å²) in [7, 11) is 1.55. The van der Waals surface area contributed by atoms with Crippen molar-refractivity contribution >= 4 is 11.9 Å². The normalized spacial score (nSPS) is 10.7. The van der Waals surface area contributed by atoms with Crippen molar-refractivity contribution in [3.63, 3.8) is 0 Å². The van der Waals surface area contributed by atoms with E-state index in [2.05, 4.69) is 6.58 Å². The molecule has 0 rings (SSSR count).